The molecule has 8 rings (SSSR count). The number of primary amides is 2. The summed E-state index contributed by atoms with van der Waals surface area (Å²) in [6, 6.07) is -0.510. The molecule has 90 heavy (non-hydrogen) atoms. The van der Waals surface area contributed by atoms with Crippen LogP contribution in [-0.4, -0.2) is 96.1 Å². The number of fused-ring (bicyclic) bond motifs is 1. The topological polar surface area (TPSA) is 324 Å². The molecule has 4 aliphatic rings. The van der Waals surface area contributed by atoms with Crippen LogP contribution in [0, 0.1) is 17.8 Å². The van der Waals surface area contributed by atoms with Crippen LogP contribution in [0.2, 0.25) is 0 Å². The Morgan fingerprint density at radius 2 is 1.03 bits per heavy atom. The highest BCUT2D eigenvalue weighted by Gasteiger charge is 2.33. The molecule has 0 aliphatic heterocycles. The van der Waals surface area contributed by atoms with Crippen molar-refractivity contribution < 1.29 is 38.9 Å². The number of aliphatic hydroxyl groups is 2. The van der Waals surface area contributed by atoms with Crippen LogP contribution in [0.1, 0.15) is 325 Å². The van der Waals surface area contributed by atoms with Crippen LogP contribution < -0.4 is 28.1 Å². The molecule has 21 nitrogen and oxygen atoms in total. The molecule has 6 unspecified atom stereocenters. The minimum Gasteiger partial charge on any atom is -0.460 e. The first kappa shape index (κ1) is 76.8. The first-order valence-electron chi connectivity index (χ1n) is 34.3. The molecule has 0 radical (unpaired) electrons. The second-order valence-electron chi connectivity index (χ2n) is 25.7. The molecular weight excluding hydrogens is 1160 g/mol. The molecule has 4 aromatic heterocycles. The van der Waals surface area contributed by atoms with Crippen LogP contribution in [0.25, 0.3) is 11.2 Å². The minimum absolute atomic E-state index is 0. The monoisotopic (exact) mass is 1280 g/mol. The normalized spacial score (nSPS) is 17.9. The third-order valence-electron chi connectivity index (χ3n) is 18.7. The number of halogens is 1. The first-order valence-corrected chi connectivity index (χ1v) is 34.7. The van der Waals surface area contributed by atoms with Crippen molar-refractivity contribution in [2.24, 2.45) is 29.2 Å². The van der Waals surface area contributed by atoms with Gasteiger partial charge < -0.3 is 56.2 Å². The van der Waals surface area contributed by atoms with Crippen molar-refractivity contribution in [1.82, 2.24) is 38.6 Å². The fourth-order valence-electron chi connectivity index (χ4n) is 13.3. The zero-order valence-corrected chi connectivity index (χ0v) is 55.5. The summed E-state index contributed by atoms with van der Waals surface area (Å²) < 4.78 is 11.4. The van der Waals surface area contributed by atoms with Gasteiger partial charge in [0.15, 0.2) is 22.6 Å². The number of nitrogens with zero attached hydrogens (tertiary/aromatic N) is 7. The number of aliphatic hydroxyl groups excluding tert-OH is 2. The largest absolute Gasteiger partial charge is 0.460 e. The SMILES string of the molecule is C.CCCCCCC(C(C)O)n1cnc(C(N)=O)c1N.CCCCCCC(C(C)O)n1cnc2c(=O)[nH]c(C3CCCCC3)nc21.CCCCCCC(C(C)OC(=O)C1CCCCC1)n1cnc(C(N)=O)c1NC(=O)C1CCCCC1.O=C(Cl)C1CCCCC1. The summed E-state index contributed by atoms with van der Waals surface area (Å²) in [4.78, 5) is 92.6. The van der Waals surface area contributed by atoms with Crippen molar-refractivity contribution in [3.8, 4) is 0 Å². The third-order valence-corrected chi connectivity index (χ3v) is 19.0. The molecule has 0 bridgehead atoms. The molecule has 0 saturated heterocycles. The molecule has 508 valence electrons. The maximum Gasteiger partial charge on any atom is 0.309 e. The number of H-pyrrole nitrogens is 1. The molecule has 4 aromatic rings. The number of rotatable bonds is 29. The van der Waals surface area contributed by atoms with Gasteiger partial charge in [0.2, 0.25) is 11.1 Å². The number of ether oxygens (including phenoxy) is 1. The molecule has 3 amide bonds. The van der Waals surface area contributed by atoms with Gasteiger partial charge in [-0.15, -0.1) is 0 Å². The molecule has 10 N–H and O–H groups in total. The lowest BCUT2D eigenvalue weighted by molar-refractivity contribution is -0.156. The number of carbonyl (C=O) groups is 5. The number of aromatic amines is 1. The number of nitrogens with one attached hydrogen (secondary N) is 2. The van der Waals surface area contributed by atoms with E-state index in [0.717, 1.165) is 160 Å². The highest BCUT2D eigenvalue weighted by atomic mass is 35.5. The molecular formula is C68H115ClN12O9. The number of imidazole rings is 3. The van der Waals surface area contributed by atoms with E-state index >= 15 is 0 Å². The van der Waals surface area contributed by atoms with Gasteiger partial charge in [-0.25, -0.2) is 19.9 Å². The third kappa shape index (κ3) is 23.8. The van der Waals surface area contributed by atoms with E-state index in [4.69, 9.17) is 38.5 Å². The van der Waals surface area contributed by atoms with E-state index in [1.165, 1.54) is 77.0 Å². The maximum absolute atomic E-state index is 13.1. The Labute approximate surface area is 541 Å². The number of aromatic nitrogens is 8. The number of hydrogen-bond donors (Lipinski definition) is 7. The number of nitrogen functional groups attached to an aromatic ring is 1. The van der Waals surface area contributed by atoms with Crippen LogP contribution in [0.3, 0.4) is 0 Å². The molecule has 4 aliphatic carbocycles. The van der Waals surface area contributed by atoms with E-state index in [-0.39, 0.29) is 83.2 Å². The molecule has 0 spiro atoms. The first-order chi connectivity index (χ1) is 42.8. The Kier molecular flexibility index (Phi) is 35.0. The Hall–Kier alpha value is -5.67. The lowest BCUT2D eigenvalue weighted by atomic mass is 9.88. The van der Waals surface area contributed by atoms with Gasteiger partial charge in [0.05, 0.1) is 55.2 Å². The molecule has 4 heterocycles. The second-order valence-corrected chi connectivity index (χ2v) is 26.1. The second kappa shape index (κ2) is 41.0. The number of esters is 1. The van der Waals surface area contributed by atoms with E-state index in [1.54, 1.807) is 24.1 Å². The van der Waals surface area contributed by atoms with Gasteiger partial charge >= 0.3 is 5.97 Å². The molecule has 6 atom stereocenters. The summed E-state index contributed by atoms with van der Waals surface area (Å²) in [5.74, 6) is 0.190. The summed E-state index contributed by atoms with van der Waals surface area (Å²) in [6.07, 6.45) is 40.5. The highest BCUT2D eigenvalue weighted by molar-refractivity contribution is 6.64. The van der Waals surface area contributed by atoms with Crippen LogP contribution >= 0.6 is 11.6 Å². The molecule has 4 fully saturated rings. The van der Waals surface area contributed by atoms with Crippen LogP contribution in [-0.2, 0) is 19.1 Å². The summed E-state index contributed by atoms with van der Waals surface area (Å²) in [6.45, 7) is 11.9. The van der Waals surface area contributed by atoms with Gasteiger partial charge in [0.25, 0.3) is 17.4 Å². The van der Waals surface area contributed by atoms with Crippen molar-refractivity contribution in [2.75, 3.05) is 11.1 Å². The van der Waals surface area contributed by atoms with E-state index < -0.39 is 30.1 Å². The quantitative estimate of drug-likeness (QED) is 0.0151. The predicted octanol–water partition coefficient (Wildman–Crippen LogP) is 14.0. The van der Waals surface area contributed by atoms with E-state index in [9.17, 15) is 39.0 Å². The summed E-state index contributed by atoms with van der Waals surface area (Å²) in [5, 5.41) is 23.1. The maximum atomic E-state index is 13.1. The minimum atomic E-state index is -0.681. The Bertz CT molecular complexity index is 2800. The van der Waals surface area contributed by atoms with E-state index in [2.05, 4.69) is 46.0 Å². The van der Waals surface area contributed by atoms with Gasteiger partial charge in [-0.3, -0.25) is 28.8 Å². The van der Waals surface area contributed by atoms with Gasteiger partial charge in [0, 0.05) is 17.8 Å². The highest BCUT2D eigenvalue weighted by Crippen LogP contribution is 2.35. The smallest absolute Gasteiger partial charge is 0.309 e. The number of nitrogens with two attached hydrogens (primary N) is 3. The van der Waals surface area contributed by atoms with Crippen molar-refractivity contribution >= 4 is 63.3 Å². The average molecular weight is 1280 g/mol. The number of carbonyl (C=O) groups excluding carboxylic acids is 5. The number of amides is 3. The van der Waals surface area contributed by atoms with Crippen LogP contribution in [0.15, 0.2) is 23.8 Å². The molecule has 4 saturated carbocycles. The van der Waals surface area contributed by atoms with Crippen molar-refractivity contribution in [1.29, 1.82) is 0 Å². The van der Waals surface area contributed by atoms with Crippen molar-refractivity contribution in [3.05, 3.63) is 46.5 Å². The summed E-state index contributed by atoms with van der Waals surface area (Å²) >= 11 is 5.32. The standard InChI is InChI=1S/C27H44N4O4.C20H32N4O2.C13H24N4O2.C7H11ClO.CH4/c1-3-4-5-12-17-22(19(2)35-27(34)21-15-10-7-11-16-21)31-18-29-23(24(28)32)25(31)30-26(33)20-13-8-6-9-14-20;1-3-4-5-9-12-16(14(2)25)24-13-21-17-19(24)22-18(23-20(17)26)15-10-7-6-8-11-15;1-3-4-5-6-7-10(9(2)18)17-8-16-11(12(17)14)13(15)19;8-7(9)6-4-2-1-3-5-6;/h18-22H,3-17H2,1-2H3,(H2,28,32)(H,30,33);13-16,25H,3-12H2,1-2H3,(H,22,23,26);8-10,18H,3-7,14H2,1-2H3,(H2,15,19);6H,1-5H2;1H4. The fourth-order valence-corrected chi connectivity index (χ4v) is 13.5. The number of hydrogen-bond acceptors (Lipinski definition) is 14. The zero-order chi connectivity index (χ0) is 64.8. The summed E-state index contributed by atoms with van der Waals surface area (Å²) in [5.41, 5.74) is 17.6. The van der Waals surface area contributed by atoms with Gasteiger partial charge in [-0.2, -0.15) is 0 Å². The van der Waals surface area contributed by atoms with E-state index in [1.807, 2.05) is 23.0 Å². The average Bonchev–Trinajstić information content (AvgIpc) is 1.63. The Morgan fingerprint density at radius 1 is 0.600 bits per heavy atom. The van der Waals surface area contributed by atoms with E-state index in [0.29, 0.717) is 22.9 Å². The fraction of sp³-hybridized carbons (Fsp3) is 0.765. The van der Waals surface area contributed by atoms with Crippen molar-refractivity contribution in [3.63, 3.8) is 0 Å². The van der Waals surface area contributed by atoms with Gasteiger partial charge in [-0.05, 0) is 103 Å². The molecule has 0 aromatic carbocycles. The zero-order valence-electron chi connectivity index (χ0n) is 54.7. The lowest BCUT2D eigenvalue weighted by Gasteiger charge is -2.30. The number of unbranched alkanes of at least 4 members (excludes halogenated alkanes) is 9. The Balaban J connectivity index is 0.000000277. The van der Waals surface area contributed by atoms with Crippen LogP contribution in [0.5, 0.6) is 0 Å². The predicted molar refractivity (Wildman–Crippen MR) is 358 cm³/mol. The van der Waals surface area contributed by atoms with Crippen molar-refractivity contribution in [2.45, 2.75) is 316 Å². The van der Waals surface area contributed by atoms with Gasteiger partial charge in [-0.1, -0.05) is 182 Å². The Morgan fingerprint density at radius 3 is 1.49 bits per heavy atom. The molecule has 22 heteroatoms. The summed E-state index contributed by atoms with van der Waals surface area (Å²) in [7, 11) is 0. The van der Waals surface area contributed by atoms with Crippen LogP contribution in [0.4, 0.5) is 11.6 Å². The lowest BCUT2D eigenvalue weighted by Crippen LogP contribution is -2.33. The number of anilines is 2. The van der Waals surface area contributed by atoms with Gasteiger partial charge in [0.1, 0.15) is 23.6 Å².